The quantitative estimate of drug-likeness (QED) is 0.855. The first-order valence-corrected chi connectivity index (χ1v) is 6.87. The number of carbonyl (C=O) groups is 1. The molecule has 1 aromatic carbocycles. The Bertz CT molecular complexity index is 736. The topological polar surface area (TPSA) is 64.4 Å². The summed E-state index contributed by atoms with van der Waals surface area (Å²) in [5.41, 5.74) is 0.587. The minimum Gasteiger partial charge on any atom is -0.481 e. The lowest BCUT2D eigenvalue weighted by Crippen LogP contribution is -2.30. The van der Waals surface area contributed by atoms with E-state index in [2.05, 4.69) is 4.98 Å². The molecule has 0 radical (unpaired) electrons. The van der Waals surface area contributed by atoms with Gasteiger partial charge in [0.25, 0.3) is 11.5 Å². The van der Waals surface area contributed by atoms with Gasteiger partial charge in [0.15, 0.2) is 5.69 Å². The van der Waals surface area contributed by atoms with Crippen LogP contribution in [0.1, 0.15) is 21.9 Å². The summed E-state index contributed by atoms with van der Waals surface area (Å²) in [7, 11) is 4.82. The largest absolute Gasteiger partial charge is 0.481 e. The van der Waals surface area contributed by atoms with Gasteiger partial charge in [0, 0.05) is 21.1 Å². The van der Waals surface area contributed by atoms with E-state index < -0.39 is 0 Å². The molecule has 0 aliphatic heterocycles. The van der Waals surface area contributed by atoms with Gasteiger partial charge < -0.3 is 9.64 Å². The van der Waals surface area contributed by atoms with E-state index >= 15 is 0 Å². The van der Waals surface area contributed by atoms with Gasteiger partial charge in [0.05, 0.1) is 0 Å². The lowest BCUT2D eigenvalue weighted by atomic mass is 10.2. The summed E-state index contributed by atoms with van der Waals surface area (Å²) in [5, 5.41) is 0. The SMILES string of the molecule is Cc1nc(C(=O)N(C)C)c(OCc2ccccc2)c(=O)n1C. The number of ether oxygens (including phenoxy) is 1. The molecular formula is C16H19N3O3. The number of rotatable bonds is 4. The molecule has 1 amide bonds. The van der Waals surface area contributed by atoms with Crippen molar-refractivity contribution in [3.05, 3.63) is 57.8 Å². The van der Waals surface area contributed by atoms with Crippen LogP contribution in [0, 0.1) is 6.92 Å². The molecule has 0 atom stereocenters. The first kappa shape index (κ1) is 15.8. The lowest BCUT2D eigenvalue weighted by Gasteiger charge is -2.15. The molecule has 6 nitrogen and oxygen atoms in total. The van der Waals surface area contributed by atoms with E-state index in [0.717, 1.165) is 5.56 Å². The molecular weight excluding hydrogens is 282 g/mol. The number of aryl methyl sites for hydroxylation is 1. The van der Waals surface area contributed by atoms with Crippen LogP contribution in [-0.2, 0) is 13.7 Å². The van der Waals surface area contributed by atoms with E-state index in [-0.39, 0.29) is 29.5 Å². The molecule has 0 unspecified atom stereocenters. The fourth-order valence-electron chi connectivity index (χ4n) is 1.90. The first-order chi connectivity index (χ1) is 10.4. The molecule has 1 aromatic heterocycles. The maximum atomic E-state index is 12.4. The van der Waals surface area contributed by atoms with Gasteiger partial charge >= 0.3 is 0 Å². The van der Waals surface area contributed by atoms with Crippen LogP contribution < -0.4 is 10.3 Å². The second-order valence-corrected chi connectivity index (χ2v) is 5.17. The summed E-state index contributed by atoms with van der Waals surface area (Å²) in [5.74, 6) is 0.0850. The van der Waals surface area contributed by atoms with E-state index in [4.69, 9.17) is 4.74 Å². The molecule has 0 saturated heterocycles. The minimum absolute atomic E-state index is 0.0179. The minimum atomic E-state index is -0.367. The standard InChI is InChI=1S/C16H19N3O3/c1-11-17-13(15(20)18(2)3)14(16(21)19(11)4)22-10-12-8-6-5-7-9-12/h5-9H,10H2,1-4H3. The molecule has 0 bridgehead atoms. The lowest BCUT2D eigenvalue weighted by molar-refractivity contribution is 0.0815. The Hall–Kier alpha value is -2.63. The highest BCUT2D eigenvalue weighted by atomic mass is 16.5. The van der Waals surface area contributed by atoms with Crippen molar-refractivity contribution < 1.29 is 9.53 Å². The third-order valence-corrected chi connectivity index (χ3v) is 3.31. The highest BCUT2D eigenvalue weighted by molar-refractivity contribution is 5.94. The molecule has 2 rings (SSSR count). The Morgan fingerprint density at radius 3 is 2.50 bits per heavy atom. The predicted molar refractivity (Wildman–Crippen MR) is 83.0 cm³/mol. The maximum Gasteiger partial charge on any atom is 0.296 e. The van der Waals surface area contributed by atoms with E-state index in [1.807, 2.05) is 30.3 Å². The third kappa shape index (κ3) is 3.16. The number of carbonyl (C=O) groups excluding carboxylic acids is 1. The highest BCUT2D eigenvalue weighted by Crippen LogP contribution is 2.15. The van der Waals surface area contributed by atoms with Crippen molar-refractivity contribution in [2.24, 2.45) is 7.05 Å². The zero-order valence-electron chi connectivity index (χ0n) is 13.2. The molecule has 1 heterocycles. The third-order valence-electron chi connectivity index (χ3n) is 3.31. The number of amides is 1. The smallest absolute Gasteiger partial charge is 0.296 e. The van der Waals surface area contributed by atoms with Crippen molar-refractivity contribution in [3.8, 4) is 5.75 Å². The molecule has 0 fully saturated rings. The molecule has 0 aliphatic carbocycles. The zero-order valence-corrected chi connectivity index (χ0v) is 13.2. The fourth-order valence-corrected chi connectivity index (χ4v) is 1.90. The van der Waals surface area contributed by atoms with Crippen LogP contribution in [0.4, 0.5) is 0 Å². The van der Waals surface area contributed by atoms with Gasteiger partial charge in [-0.25, -0.2) is 4.98 Å². The summed E-state index contributed by atoms with van der Waals surface area (Å²) in [4.78, 5) is 30.2. The number of hydrogen-bond acceptors (Lipinski definition) is 4. The van der Waals surface area contributed by atoms with Gasteiger partial charge in [-0.05, 0) is 12.5 Å². The Morgan fingerprint density at radius 1 is 1.27 bits per heavy atom. The van der Waals surface area contributed by atoms with E-state index in [0.29, 0.717) is 5.82 Å². The number of nitrogens with zero attached hydrogens (tertiary/aromatic N) is 3. The average Bonchev–Trinajstić information content (AvgIpc) is 2.51. The molecule has 2 aromatic rings. The van der Waals surface area contributed by atoms with Crippen LogP contribution in [0.2, 0.25) is 0 Å². The van der Waals surface area contributed by atoms with Crippen LogP contribution in [0.5, 0.6) is 5.75 Å². The van der Waals surface area contributed by atoms with Gasteiger partial charge in [-0.1, -0.05) is 30.3 Å². The van der Waals surface area contributed by atoms with Crippen LogP contribution in [-0.4, -0.2) is 34.5 Å². The molecule has 0 aliphatic rings. The summed E-state index contributed by atoms with van der Waals surface area (Å²) in [6.07, 6.45) is 0. The summed E-state index contributed by atoms with van der Waals surface area (Å²) in [6.45, 7) is 1.88. The average molecular weight is 301 g/mol. The maximum absolute atomic E-state index is 12.4. The zero-order chi connectivity index (χ0) is 16.3. The molecule has 6 heteroatoms. The van der Waals surface area contributed by atoms with Crippen molar-refractivity contribution in [2.75, 3.05) is 14.1 Å². The van der Waals surface area contributed by atoms with Gasteiger partial charge in [0.1, 0.15) is 12.4 Å². The van der Waals surface area contributed by atoms with Gasteiger partial charge in [-0.2, -0.15) is 0 Å². The van der Waals surface area contributed by atoms with E-state index in [9.17, 15) is 9.59 Å². The monoisotopic (exact) mass is 301 g/mol. The van der Waals surface area contributed by atoms with E-state index in [1.54, 1.807) is 28.1 Å². The summed E-state index contributed by atoms with van der Waals surface area (Å²) in [6, 6.07) is 9.45. The van der Waals surface area contributed by atoms with Crippen molar-refractivity contribution in [3.63, 3.8) is 0 Å². The van der Waals surface area contributed by atoms with Crippen molar-refractivity contribution in [2.45, 2.75) is 13.5 Å². The Balaban J connectivity index is 2.42. The van der Waals surface area contributed by atoms with Crippen molar-refractivity contribution >= 4 is 5.91 Å². The van der Waals surface area contributed by atoms with Gasteiger partial charge in [0.2, 0.25) is 5.75 Å². The second-order valence-electron chi connectivity index (χ2n) is 5.17. The van der Waals surface area contributed by atoms with Crippen molar-refractivity contribution in [1.82, 2.24) is 14.5 Å². The fraction of sp³-hybridized carbons (Fsp3) is 0.312. The molecule has 0 spiro atoms. The number of hydrogen-bond donors (Lipinski definition) is 0. The second kappa shape index (κ2) is 6.43. The molecule has 0 saturated carbocycles. The van der Waals surface area contributed by atoms with Crippen molar-refractivity contribution in [1.29, 1.82) is 0 Å². The molecule has 116 valence electrons. The Morgan fingerprint density at radius 2 is 1.91 bits per heavy atom. The predicted octanol–water partition coefficient (Wildman–Crippen LogP) is 1.37. The number of benzene rings is 1. The normalized spacial score (nSPS) is 10.4. The van der Waals surface area contributed by atoms with Crippen LogP contribution >= 0.6 is 0 Å². The van der Waals surface area contributed by atoms with Crippen LogP contribution in [0.3, 0.4) is 0 Å². The Kier molecular flexibility index (Phi) is 4.60. The van der Waals surface area contributed by atoms with E-state index in [1.165, 1.54) is 9.47 Å². The number of aromatic nitrogens is 2. The highest BCUT2D eigenvalue weighted by Gasteiger charge is 2.22. The van der Waals surface area contributed by atoms with Crippen LogP contribution in [0.25, 0.3) is 0 Å². The van der Waals surface area contributed by atoms with Gasteiger partial charge in [-0.3, -0.25) is 14.2 Å². The summed E-state index contributed by atoms with van der Waals surface area (Å²) < 4.78 is 6.99. The molecule has 22 heavy (non-hydrogen) atoms. The first-order valence-electron chi connectivity index (χ1n) is 6.87. The van der Waals surface area contributed by atoms with Gasteiger partial charge in [-0.15, -0.1) is 0 Å². The van der Waals surface area contributed by atoms with Crippen LogP contribution in [0.15, 0.2) is 35.1 Å². The Labute approximate surface area is 129 Å². The molecule has 0 N–H and O–H groups in total. The summed E-state index contributed by atoms with van der Waals surface area (Å²) >= 11 is 0.